The molecule has 0 aromatic rings. The molecule has 3 saturated carbocycles. The number of Topliss-reactive ketones (excluding diaryl/α,β-unsaturated/α-hetero) is 1. The summed E-state index contributed by atoms with van der Waals surface area (Å²) >= 11 is 0. The molecule has 5 aliphatic carbocycles. The third kappa shape index (κ3) is 3.61. The molecule has 7 heteroatoms. The van der Waals surface area contributed by atoms with Crippen LogP contribution in [0.1, 0.15) is 93.4 Å². The van der Waals surface area contributed by atoms with Crippen LogP contribution in [-0.4, -0.2) is 31.3 Å². The van der Waals surface area contributed by atoms with E-state index in [4.69, 9.17) is 6.57 Å². The van der Waals surface area contributed by atoms with Crippen LogP contribution in [0.2, 0.25) is 0 Å². The minimum atomic E-state index is -3.44. The molecule has 0 amide bonds. The van der Waals surface area contributed by atoms with Crippen LogP contribution in [0.15, 0.2) is 23.4 Å². The highest BCUT2D eigenvalue weighted by molar-refractivity contribution is 7.89. The molecule has 5 aliphatic rings. The van der Waals surface area contributed by atoms with Crippen molar-refractivity contribution in [2.24, 2.45) is 45.3 Å². The maximum Gasteiger partial charge on any atom is 0.226 e. The maximum absolute atomic E-state index is 14.4. The number of fused-ring (bicyclic) bond motifs is 7. The predicted molar refractivity (Wildman–Crippen MR) is 148 cm³/mol. The first-order valence-corrected chi connectivity index (χ1v) is 16.1. The Balaban J connectivity index is 1.67. The predicted octanol–water partition coefficient (Wildman–Crippen LogP) is 5.86. The van der Waals surface area contributed by atoms with Crippen molar-refractivity contribution in [2.45, 2.75) is 99.0 Å². The van der Waals surface area contributed by atoms with Gasteiger partial charge in [0, 0.05) is 22.8 Å². The van der Waals surface area contributed by atoms with Gasteiger partial charge in [-0.25, -0.2) is 18.0 Å². The first-order valence-electron chi connectivity index (χ1n) is 14.4. The summed E-state index contributed by atoms with van der Waals surface area (Å²) in [7, 11) is -3.44. The Morgan fingerprint density at radius 1 is 1.03 bits per heavy atom. The Morgan fingerprint density at radius 2 is 1.68 bits per heavy atom. The Labute approximate surface area is 229 Å². The molecule has 0 aromatic carbocycles. The normalized spacial score (nSPS) is 45.9. The summed E-state index contributed by atoms with van der Waals surface area (Å²) in [4.78, 5) is 30.9. The van der Waals surface area contributed by atoms with Crippen molar-refractivity contribution in [1.29, 1.82) is 0 Å². The second kappa shape index (κ2) is 8.36. The lowest BCUT2D eigenvalue weighted by atomic mass is 9.36. The van der Waals surface area contributed by atoms with E-state index >= 15 is 0 Å². The smallest absolute Gasteiger partial charge is 0.226 e. The largest absolute Gasteiger partial charge is 0.308 e. The molecule has 38 heavy (non-hydrogen) atoms. The molecule has 0 heterocycles. The maximum atomic E-state index is 14.4. The van der Waals surface area contributed by atoms with Crippen LogP contribution in [0.5, 0.6) is 0 Å². The van der Waals surface area contributed by atoms with Gasteiger partial charge in [-0.2, -0.15) is 0 Å². The zero-order valence-electron chi connectivity index (χ0n) is 24.1. The van der Waals surface area contributed by atoms with Gasteiger partial charge >= 0.3 is 0 Å². The van der Waals surface area contributed by atoms with Crippen LogP contribution >= 0.6 is 0 Å². The van der Waals surface area contributed by atoms with Crippen LogP contribution in [0, 0.1) is 51.9 Å². The Hall–Kier alpha value is -1.78. The average Bonchev–Trinajstić information content (AvgIpc) is 2.83. The van der Waals surface area contributed by atoms with Crippen molar-refractivity contribution in [3.8, 4) is 0 Å². The van der Waals surface area contributed by atoms with E-state index < -0.39 is 21.0 Å². The molecule has 0 aromatic heterocycles. The quantitative estimate of drug-likeness (QED) is 0.455. The monoisotopic (exact) mass is 540 g/mol. The molecule has 5 rings (SSSR count). The number of carbonyl (C=O) groups excluding carboxylic acids is 2. The van der Waals surface area contributed by atoms with E-state index in [1.54, 1.807) is 6.92 Å². The molecular formula is C31H44N2O4S. The van der Waals surface area contributed by atoms with E-state index in [0.29, 0.717) is 0 Å². The highest BCUT2D eigenvalue weighted by Gasteiger charge is 2.69. The number of hydrogen-bond acceptors (Lipinski definition) is 4. The van der Waals surface area contributed by atoms with E-state index in [9.17, 15) is 18.0 Å². The molecule has 3 fully saturated rings. The van der Waals surface area contributed by atoms with Gasteiger partial charge in [0.2, 0.25) is 15.7 Å². The highest BCUT2D eigenvalue weighted by Crippen LogP contribution is 2.72. The van der Waals surface area contributed by atoms with Gasteiger partial charge in [-0.15, -0.1) is 0 Å². The van der Waals surface area contributed by atoms with Crippen molar-refractivity contribution < 1.29 is 18.0 Å². The number of carbonyl (C=O) groups is 2. The molecule has 0 saturated heterocycles. The van der Waals surface area contributed by atoms with Gasteiger partial charge in [-0.05, 0) is 86.0 Å². The van der Waals surface area contributed by atoms with Crippen molar-refractivity contribution in [3.05, 3.63) is 34.8 Å². The first-order chi connectivity index (χ1) is 17.5. The summed E-state index contributed by atoms with van der Waals surface area (Å²) in [6.07, 6.45) is 9.53. The van der Waals surface area contributed by atoms with E-state index in [-0.39, 0.29) is 62.9 Å². The Bertz CT molecular complexity index is 1310. The van der Waals surface area contributed by atoms with E-state index in [2.05, 4.69) is 44.2 Å². The molecule has 8 atom stereocenters. The zero-order valence-corrected chi connectivity index (χ0v) is 24.9. The Kier molecular flexibility index (Phi) is 6.11. The Morgan fingerprint density at radius 3 is 2.32 bits per heavy atom. The van der Waals surface area contributed by atoms with Gasteiger partial charge in [0.05, 0.1) is 12.3 Å². The molecule has 6 nitrogen and oxygen atoms in total. The number of rotatable bonds is 3. The second-order valence-electron chi connectivity index (χ2n) is 14.5. The molecule has 0 radical (unpaired) electrons. The SMILES string of the molecule is [C-]#[N+]C1=C[C@]2(C)C3=CC(=O)[C@@H]4[C@@H]5CC(C)(C)CC[C@]5(NS(=O)(=O)CC)CC[C@@]4(C)[C@]3(C)CC[C@H]2[C@H](C)C1=O. The van der Waals surface area contributed by atoms with Crippen LogP contribution in [-0.2, 0) is 19.6 Å². The van der Waals surface area contributed by atoms with Gasteiger partial charge in [-0.1, -0.05) is 53.2 Å². The molecule has 208 valence electrons. The summed E-state index contributed by atoms with van der Waals surface area (Å²) in [5, 5.41) is 0. The summed E-state index contributed by atoms with van der Waals surface area (Å²) in [5.74, 6) is -0.451. The number of hydrogen-bond donors (Lipinski definition) is 1. The van der Waals surface area contributed by atoms with Crippen LogP contribution in [0.3, 0.4) is 0 Å². The van der Waals surface area contributed by atoms with Gasteiger partial charge in [0.1, 0.15) is 0 Å². The lowest BCUT2D eigenvalue weighted by molar-refractivity contribution is -0.157. The summed E-state index contributed by atoms with van der Waals surface area (Å²) in [6.45, 7) is 22.5. The topological polar surface area (TPSA) is 84.7 Å². The number of allylic oxidation sites excluding steroid dienone is 4. The number of nitrogens with zero attached hydrogens (tertiary/aromatic N) is 1. The third-order valence-corrected chi connectivity index (χ3v) is 13.7. The minimum Gasteiger partial charge on any atom is -0.308 e. The number of nitrogens with one attached hydrogen (secondary N) is 1. The summed E-state index contributed by atoms with van der Waals surface area (Å²) in [6, 6.07) is 0. The van der Waals surface area contributed by atoms with E-state index in [1.807, 2.05) is 19.1 Å². The third-order valence-electron chi connectivity index (χ3n) is 12.2. The highest BCUT2D eigenvalue weighted by atomic mass is 32.2. The second-order valence-corrected chi connectivity index (χ2v) is 16.6. The molecular weight excluding hydrogens is 496 g/mol. The van der Waals surface area contributed by atoms with Crippen molar-refractivity contribution >= 4 is 21.6 Å². The molecule has 0 spiro atoms. The minimum absolute atomic E-state index is 0.0331. The van der Waals surface area contributed by atoms with E-state index in [1.165, 1.54) is 0 Å². The van der Waals surface area contributed by atoms with Crippen molar-refractivity contribution in [1.82, 2.24) is 4.72 Å². The van der Waals surface area contributed by atoms with Crippen LogP contribution in [0.25, 0.3) is 4.85 Å². The van der Waals surface area contributed by atoms with Crippen LogP contribution < -0.4 is 4.72 Å². The lowest BCUT2D eigenvalue weighted by Gasteiger charge is -2.68. The zero-order chi connectivity index (χ0) is 28.1. The van der Waals surface area contributed by atoms with Gasteiger partial charge in [0.15, 0.2) is 11.6 Å². The fraction of sp³-hybridized carbons (Fsp3) is 0.774. The van der Waals surface area contributed by atoms with E-state index in [0.717, 1.165) is 50.5 Å². The number of sulfonamides is 1. The summed E-state index contributed by atoms with van der Waals surface area (Å²) < 4.78 is 29.0. The molecule has 1 N–H and O–H groups in total. The van der Waals surface area contributed by atoms with Crippen molar-refractivity contribution in [2.75, 3.05) is 5.75 Å². The lowest BCUT2D eigenvalue weighted by Crippen LogP contribution is -2.69. The summed E-state index contributed by atoms with van der Waals surface area (Å²) in [5.41, 5.74) is -0.403. The van der Waals surface area contributed by atoms with Gasteiger partial charge in [0.25, 0.3) is 0 Å². The fourth-order valence-corrected chi connectivity index (χ4v) is 10.9. The van der Waals surface area contributed by atoms with Crippen LogP contribution in [0.4, 0.5) is 0 Å². The standard InChI is InChI=1S/C31H44N2O4S/c1-9-38(36,37)33-31-14-12-27(3,4)17-21(31)25-23(34)16-24-28(5)18-22(32-8)26(35)19(2)20(28)10-11-29(24,6)30(25,7)13-15-31/h16,18-21,25,33H,9-15,17H2,1-7H3/t19-,20-,21-,25-,28-,29+,30+,31-/m0/s1. The molecule has 0 aliphatic heterocycles. The molecule has 0 bridgehead atoms. The molecule has 0 unspecified atom stereocenters. The fourth-order valence-electron chi connectivity index (χ4n) is 9.79. The average molecular weight is 541 g/mol. The van der Waals surface area contributed by atoms with Crippen molar-refractivity contribution in [3.63, 3.8) is 0 Å². The first kappa shape index (κ1) is 27.8. The number of ketones is 2. The van der Waals surface area contributed by atoms with Gasteiger partial charge < -0.3 is 4.79 Å². The van der Waals surface area contributed by atoms with Gasteiger partial charge in [-0.3, -0.25) is 4.79 Å².